The number of hydrogen-bond donors (Lipinski definition) is 2. The Morgan fingerprint density at radius 1 is 1.36 bits per heavy atom. The highest BCUT2D eigenvalue weighted by Gasteiger charge is 2.15. The number of carbonyl (C=O) groups excluding carboxylic acids is 1. The van der Waals surface area contributed by atoms with Gasteiger partial charge in [-0.1, -0.05) is 16.5 Å². The van der Waals surface area contributed by atoms with Crippen LogP contribution in [0.5, 0.6) is 0 Å². The van der Waals surface area contributed by atoms with Crippen LogP contribution in [-0.4, -0.2) is 24.5 Å². The van der Waals surface area contributed by atoms with Gasteiger partial charge in [-0.2, -0.15) is 0 Å². The average molecular weight is 338 g/mol. The molecule has 1 amide bonds. The number of benzene rings is 1. The molecule has 0 saturated heterocycles. The van der Waals surface area contributed by atoms with E-state index >= 15 is 0 Å². The van der Waals surface area contributed by atoms with Crippen molar-refractivity contribution < 1.29 is 17.7 Å². The zero-order chi connectivity index (χ0) is 15.9. The second-order valence-electron chi connectivity index (χ2n) is 4.48. The van der Waals surface area contributed by atoms with Gasteiger partial charge in [0.05, 0.1) is 20.8 Å². The Kier molecular flexibility index (Phi) is 3.43. The Morgan fingerprint density at radius 2 is 2.14 bits per heavy atom. The van der Waals surface area contributed by atoms with Gasteiger partial charge in [-0.15, -0.1) is 0 Å². The molecule has 0 aliphatic carbocycles. The fourth-order valence-corrected chi connectivity index (χ4v) is 3.28. The molecule has 0 saturated carbocycles. The van der Waals surface area contributed by atoms with Crippen molar-refractivity contribution in [1.82, 2.24) is 10.1 Å². The standard InChI is InChI=1S/C12H10N4O4S2/c1-6-4-9(20-16-6)11(17)15-12-14-8-3-2-7(22(13,18)19)5-10(8)21-12/h2-5H,1H3,(H2,13,18,19)(H,14,15,17). The third kappa shape index (κ3) is 2.84. The van der Waals surface area contributed by atoms with Crippen LogP contribution in [0.1, 0.15) is 16.2 Å². The Hall–Kier alpha value is -2.30. The maximum Gasteiger partial charge on any atom is 0.296 e. The van der Waals surface area contributed by atoms with Crippen molar-refractivity contribution in [3.63, 3.8) is 0 Å². The lowest BCUT2D eigenvalue weighted by Crippen LogP contribution is -2.11. The van der Waals surface area contributed by atoms with Gasteiger partial charge < -0.3 is 4.52 Å². The number of carbonyl (C=O) groups is 1. The number of nitrogens with two attached hydrogens (primary N) is 1. The molecule has 0 aliphatic heterocycles. The predicted molar refractivity (Wildman–Crippen MR) is 80.2 cm³/mol. The normalized spacial score (nSPS) is 11.7. The van der Waals surface area contributed by atoms with E-state index in [0.717, 1.165) is 11.3 Å². The van der Waals surface area contributed by atoms with Crippen LogP contribution in [0, 0.1) is 6.92 Å². The van der Waals surface area contributed by atoms with Gasteiger partial charge in [-0.3, -0.25) is 10.1 Å². The molecule has 3 N–H and O–H groups in total. The second-order valence-corrected chi connectivity index (χ2v) is 7.07. The van der Waals surface area contributed by atoms with Gasteiger partial charge in [-0.25, -0.2) is 18.5 Å². The molecule has 10 heteroatoms. The molecular weight excluding hydrogens is 328 g/mol. The summed E-state index contributed by atoms with van der Waals surface area (Å²) in [6, 6.07) is 5.81. The summed E-state index contributed by atoms with van der Waals surface area (Å²) in [4.78, 5) is 16.1. The van der Waals surface area contributed by atoms with E-state index in [1.807, 2.05) is 0 Å². The molecule has 0 aliphatic rings. The predicted octanol–water partition coefficient (Wildman–Crippen LogP) is 1.49. The van der Waals surface area contributed by atoms with Crippen LogP contribution in [-0.2, 0) is 10.0 Å². The molecule has 0 fully saturated rings. The summed E-state index contributed by atoms with van der Waals surface area (Å²) in [7, 11) is -3.78. The second kappa shape index (κ2) is 5.16. The first kappa shape index (κ1) is 14.6. The van der Waals surface area contributed by atoms with Gasteiger partial charge >= 0.3 is 0 Å². The zero-order valence-corrected chi connectivity index (χ0v) is 12.9. The summed E-state index contributed by atoms with van der Waals surface area (Å²) in [5.41, 5.74) is 1.15. The highest BCUT2D eigenvalue weighted by Crippen LogP contribution is 2.28. The third-order valence-electron chi connectivity index (χ3n) is 2.76. The molecule has 0 bridgehead atoms. The number of anilines is 1. The number of thiazole rings is 1. The third-order valence-corrected chi connectivity index (χ3v) is 4.61. The van der Waals surface area contributed by atoms with Gasteiger partial charge in [-0.05, 0) is 25.1 Å². The number of nitrogens with zero attached hydrogens (tertiary/aromatic N) is 2. The number of aromatic nitrogens is 2. The van der Waals surface area contributed by atoms with Gasteiger partial charge in [0.25, 0.3) is 5.91 Å². The van der Waals surface area contributed by atoms with Crippen LogP contribution in [0.2, 0.25) is 0 Å². The van der Waals surface area contributed by atoms with Crippen LogP contribution in [0.15, 0.2) is 33.7 Å². The fourth-order valence-electron chi connectivity index (χ4n) is 1.76. The van der Waals surface area contributed by atoms with Crippen molar-refractivity contribution in [2.24, 2.45) is 5.14 Å². The zero-order valence-electron chi connectivity index (χ0n) is 11.2. The summed E-state index contributed by atoms with van der Waals surface area (Å²) in [6.07, 6.45) is 0. The van der Waals surface area contributed by atoms with Crippen LogP contribution in [0.3, 0.4) is 0 Å². The number of rotatable bonds is 3. The van der Waals surface area contributed by atoms with E-state index in [1.54, 1.807) is 6.92 Å². The monoisotopic (exact) mass is 338 g/mol. The number of amides is 1. The van der Waals surface area contributed by atoms with Gasteiger partial charge in [0.1, 0.15) is 0 Å². The first-order valence-electron chi connectivity index (χ1n) is 6.01. The Bertz CT molecular complexity index is 974. The topological polar surface area (TPSA) is 128 Å². The van der Waals surface area contributed by atoms with Crippen LogP contribution in [0.4, 0.5) is 5.13 Å². The molecule has 0 unspecified atom stereocenters. The molecule has 3 aromatic rings. The molecule has 8 nitrogen and oxygen atoms in total. The summed E-state index contributed by atoms with van der Waals surface area (Å²) in [5.74, 6) is -0.409. The van der Waals surface area contributed by atoms with Crippen molar-refractivity contribution in [2.45, 2.75) is 11.8 Å². The Balaban J connectivity index is 1.90. The molecule has 2 heterocycles. The molecule has 0 atom stereocenters. The van der Waals surface area contributed by atoms with Crippen molar-refractivity contribution in [2.75, 3.05) is 5.32 Å². The van der Waals surface area contributed by atoms with Crippen molar-refractivity contribution in [3.05, 3.63) is 35.7 Å². The Morgan fingerprint density at radius 3 is 2.77 bits per heavy atom. The van der Waals surface area contributed by atoms with E-state index in [2.05, 4.69) is 15.5 Å². The highest BCUT2D eigenvalue weighted by molar-refractivity contribution is 7.89. The Labute approximate surface area is 129 Å². The van der Waals surface area contributed by atoms with Crippen LogP contribution >= 0.6 is 11.3 Å². The van der Waals surface area contributed by atoms with E-state index in [-0.39, 0.29) is 10.7 Å². The maximum atomic E-state index is 11.9. The summed E-state index contributed by atoms with van der Waals surface area (Å²) in [5, 5.41) is 11.6. The summed E-state index contributed by atoms with van der Waals surface area (Å²) < 4.78 is 28.1. The van der Waals surface area contributed by atoms with Crippen molar-refractivity contribution in [1.29, 1.82) is 0 Å². The lowest BCUT2D eigenvalue weighted by molar-refractivity contribution is 0.0988. The number of hydrogen-bond acceptors (Lipinski definition) is 7. The first-order valence-corrected chi connectivity index (χ1v) is 8.37. The average Bonchev–Trinajstić information content (AvgIpc) is 3.02. The van der Waals surface area contributed by atoms with Gasteiger partial charge in [0.15, 0.2) is 5.13 Å². The molecule has 0 spiro atoms. The molecular formula is C12H10N4O4S2. The van der Waals surface area contributed by atoms with E-state index in [9.17, 15) is 13.2 Å². The number of aryl methyl sites for hydroxylation is 1. The SMILES string of the molecule is Cc1cc(C(=O)Nc2nc3ccc(S(N)(=O)=O)cc3s2)on1. The smallest absolute Gasteiger partial charge is 0.296 e. The molecule has 3 rings (SSSR count). The number of primary sulfonamides is 1. The minimum absolute atomic E-state index is 0.00705. The molecule has 22 heavy (non-hydrogen) atoms. The summed E-state index contributed by atoms with van der Waals surface area (Å²) in [6.45, 7) is 1.70. The minimum atomic E-state index is -3.78. The number of nitrogens with one attached hydrogen (secondary N) is 1. The van der Waals surface area contributed by atoms with Gasteiger partial charge in [0, 0.05) is 6.07 Å². The van der Waals surface area contributed by atoms with E-state index in [4.69, 9.17) is 9.66 Å². The highest BCUT2D eigenvalue weighted by atomic mass is 32.2. The maximum absolute atomic E-state index is 11.9. The van der Waals surface area contributed by atoms with Crippen LogP contribution < -0.4 is 10.5 Å². The van der Waals surface area contributed by atoms with E-state index in [1.165, 1.54) is 24.3 Å². The lowest BCUT2D eigenvalue weighted by atomic mass is 10.3. The largest absolute Gasteiger partial charge is 0.351 e. The first-order chi connectivity index (χ1) is 10.3. The molecule has 114 valence electrons. The van der Waals surface area contributed by atoms with Crippen molar-refractivity contribution >= 4 is 42.6 Å². The van der Waals surface area contributed by atoms with Crippen molar-refractivity contribution in [3.8, 4) is 0 Å². The molecule has 2 aromatic heterocycles. The summed E-state index contributed by atoms with van der Waals surface area (Å²) >= 11 is 1.13. The van der Waals surface area contributed by atoms with E-state index in [0.29, 0.717) is 21.0 Å². The molecule has 1 aromatic carbocycles. The quantitative estimate of drug-likeness (QED) is 0.744. The lowest BCUT2D eigenvalue weighted by Gasteiger charge is -1.95. The molecule has 0 radical (unpaired) electrons. The number of fused-ring (bicyclic) bond motifs is 1. The van der Waals surface area contributed by atoms with Crippen LogP contribution in [0.25, 0.3) is 10.2 Å². The fraction of sp³-hybridized carbons (Fsp3) is 0.0833. The number of sulfonamides is 1. The minimum Gasteiger partial charge on any atom is -0.351 e. The van der Waals surface area contributed by atoms with Gasteiger partial charge in [0.2, 0.25) is 15.8 Å². The van der Waals surface area contributed by atoms with E-state index < -0.39 is 15.9 Å².